The van der Waals surface area contributed by atoms with E-state index in [4.69, 9.17) is 14.2 Å². The monoisotopic (exact) mass is 436 g/mol. The molecule has 1 aliphatic rings. The van der Waals surface area contributed by atoms with Gasteiger partial charge >= 0.3 is 0 Å². The van der Waals surface area contributed by atoms with Crippen molar-refractivity contribution in [1.82, 2.24) is 9.88 Å². The first kappa shape index (κ1) is 22.2. The number of likely N-dealkylation sites (N-methyl/N-ethyl adjacent to an activating group) is 1. The van der Waals surface area contributed by atoms with E-state index in [9.17, 15) is 0 Å². The summed E-state index contributed by atoms with van der Waals surface area (Å²) < 4.78 is 16.3. The summed E-state index contributed by atoms with van der Waals surface area (Å²) in [6, 6.07) is 14.8. The fourth-order valence-corrected chi connectivity index (χ4v) is 3.98. The third kappa shape index (κ3) is 4.89. The number of piperazine rings is 1. The molecule has 1 saturated heterocycles. The number of ether oxygens (including phenoxy) is 3. The summed E-state index contributed by atoms with van der Waals surface area (Å²) in [5.41, 5.74) is 4.05. The quantitative estimate of drug-likeness (QED) is 0.532. The van der Waals surface area contributed by atoms with E-state index in [-0.39, 0.29) is 0 Å². The Kier molecular flexibility index (Phi) is 6.97. The maximum absolute atomic E-state index is 5.70. The first-order valence-corrected chi connectivity index (χ1v) is 11.0. The van der Waals surface area contributed by atoms with Crippen LogP contribution in [0.15, 0.2) is 48.7 Å². The summed E-state index contributed by atoms with van der Waals surface area (Å²) >= 11 is 0. The Hall–Kier alpha value is -3.03. The van der Waals surface area contributed by atoms with E-state index in [2.05, 4.69) is 52.3 Å². The highest BCUT2D eigenvalue weighted by Gasteiger charge is 2.21. The highest BCUT2D eigenvalue weighted by Crippen LogP contribution is 2.34. The molecule has 0 spiro atoms. The molecule has 1 N–H and O–H groups in total. The molecular formula is C25H32N4O3. The Balaban J connectivity index is 1.56. The van der Waals surface area contributed by atoms with E-state index >= 15 is 0 Å². The van der Waals surface area contributed by atoms with Crippen molar-refractivity contribution in [3.8, 4) is 11.5 Å². The first-order chi connectivity index (χ1) is 15.6. The molecule has 7 nitrogen and oxygen atoms in total. The van der Waals surface area contributed by atoms with E-state index in [1.807, 2.05) is 30.5 Å². The van der Waals surface area contributed by atoms with Gasteiger partial charge in [-0.1, -0.05) is 0 Å². The SMILES string of the molecule is COCCOc1ccc(Nc2ccnc3cc(N4CCN(C)[C@H](C)C4)ccc23)c(OC)c1. The second kappa shape index (κ2) is 10.1. The van der Waals surface area contributed by atoms with Crippen molar-refractivity contribution in [2.75, 3.05) is 64.3 Å². The van der Waals surface area contributed by atoms with Gasteiger partial charge in [0.1, 0.15) is 18.1 Å². The van der Waals surface area contributed by atoms with Gasteiger partial charge in [0.25, 0.3) is 0 Å². The minimum Gasteiger partial charge on any atom is -0.494 e. The summed E-state index contributed by atoms with van der Waals surface area (Å²) in [4.78, 5) is 9.47. The van der Waals surface area contributed by atoms with E-state index in [0.29, 0.717) is 25.0 Å². The van der Waals surface area contributed by atoms with Crippen molar-refractivity contribution >= 4 is 28.0 Å². The number of hydrogen-bond acceptors (Lipinski definition) is 7. The predicted octanol–water partition coefficient (Wildman–Crippen LogP) is 4.15. The lowest BCUT2D eigenvalue weighted by Gasteiger charge is -2.39. The van der Waals surface area contributed by atoms with Gasteiger partial charge < -0.3 is 29.3 Å². The molecule has 1 fully saturated rings. The highest BCUT2D eigenvalue weighted by atomic mass is 16.5. The van der Waals surface area contributed by atoms with E-state index < -0.39 is 0 Å². The summed E-state index contributed by atoms with van der Waals surface area (Å²) in [6.45, 7) is 6.43. The number of pyridine rings is 1. The molecule has 0 saturated carbocycles. The van der Waals surface area contributed by atoms with Gasteiger partial charge in [0.05, 0.1) is 24.9 Å². The van der Waals surface area contributed by atoms with Crippen LogP contribution in [0.4, 0.5) is 17.1 Å². The van der Waals surface area contributed by atoms with Gasteiger partial charge in [-0.15, -0.1) is 0 Å². The third-order valence-electron chi connectivity index (χ3n) is 6.05. The van der Waals surface area contributed by atoms with Crippen LogP contribution in [0.5, 0.6) is 11.5 Å². The summed E-state index contributed by atoms with van der Waals surface area (Å²) in [7, 11) is 5.51. The van der Waals surface area contributed by atoms with Gasteiger partial charge in [-0.05, 0) is 50.4 Å². The maximum atomic E-state index is 5.70. The fourth-order valence-electron chi connectivity index (χ4n) is 3.98. The van der Waals surface area contributed by atoms with E-state index in [1.165, 1.54) is 5.69 Å². The summed E-state index contributed by atoms with van der Waals surface area (Å²) in [5, 5.41) is 4.58. The van der Waals surface area contributed by atoms with E-state index in [0.717, 1.165) is 47.7 Å². The molecule has 170 valence electrons. The van der Waals surface area contributed by atoms with Gasteiger partial charge in [-0.2, -0.15) is 0 Å². The average molecular weight is 437 g/mol. The molecule has 3 aromatic rings. The van der Waals surface area contributed by atoms with Crippen molar-refractivity contribution in [2.24, 2.45) is 0 Å². The van der Waals surface area contributed by atoms with Crippen LogP contribution in [0, 0.1) is 0 Å². The number of benzene rings is 2. The maximum Gasteiger partial charge on any atom is 0.145 e. The Bertz CT molecular complexity index is 1060. The number of methoxy groups -OCH3 is 2. The minimum atomic E-state index is 0.496. The molecule has 1 aromatic heterocycles. The van der Waals surface area contributed by atoms with Gasteiger partial charge in [-0.3, -0.25) is 4.98 Å². The van der Waals surface area contributed by atoms with Crippen molar-refractivity contribution in [1.29, 1.82) is 0 Å². The van der Waals surface area contributed by atoms with Crippen molar-refractivity contribution in [3.63, 3.8) is 0 Å². The zero-order valence-corrected chi connectivity index (χ0v) is 19.3. The van der Waals surface area contributed by atoms with Crippen LogP contribution in [0.1, 0.15) is 6.92 Å². The van der Waals surface area contributed by atoms with Gasteiger partial charge in [0.15, 0.2) is 0 Å². The first-order valence-electron chi connectivity index (χ1n) is 11.0. The smallest absolute Gasteiger partial charge is 0.145 e. The predicted molar refractivity (Wildman–Crippen MR) is 130 cm³/mol. The van der Waals surface area contributed by atoms with Crippen LogP contribution < -0.4 is 19.7 Å². The Morgan fingerprint density at radius 1 is 1.03 bits per heavy atom. The highest BCUT2D eigenvalue weighted by molar-refractivity contribution is 5.95. The molecular weight excluding hydrogens is 404 g/mol. The lowest BCUT2D eigenvalue weighted by atomic mass is 10.1. The lowest BCUT2D eigenvalue weighted by molar-refractivity contribution is 0.146. The number of nitrogens with zero attached hydrogens (tertiary/aromatic N) is 3. The molecule has 7 heteroatoms. The Labute approximate surface area is 189 Å². The number of rotatable bonds is 8. The van der Waals surface area contributed by atoms with Crippen LogP contribution in [0.2, 0.25) is 0 Å². The number of anilines is 3. The fraction of sp³-hybridized carbons (Fsp3) is 0.400. The average Bonchev–Trinajstić information content (AvgIpc) is 2.81. The summed E-state index contributed by atoms with van der Waals surface area (Å²) in [6.07, 6.45) is 1.84. The number of hydrogen-bond donors (Lipinski definition) is 1. The molecule has 1 atom stereocenters. The second-order valence-corrected chi connectivity index (χ2v) is 8.16. The van der Waals surface area contributed by atoms with Gasteiger partial charge in [0, 0.05) is 61.8 Å². The van der Waals surface area contributed by atoms with Crippen LogP contribution in [-0.4, -0.2) is 70.0 Å². The number of nitrogens with one attached hydrogen (secondary N) is 1. The molecule has 2 aromatic carbocycles. The molecule has 0 radical (unpaired) electrons. The zero-order chi connectivity index (χ0) is 22.5. The standard InChI is InChI=1S/C25H32N4O3/c1-18-17-29(12-11-28(18)2)19-5-7-21-22(9-10-26-24(21)15-19)27-23-8-6-20(16-25(23)31-4)32-14-13-30-3/h5-10,15-16,18H,11-14,17H2,1-4H3,(H,26,27)/t18-/m1/s1. The summed E-state index contributed by atoms with van der Waals surface area (Å²) in [5.74, 6) is 1.46. The Morgan fingerprint density at radius 3 is 2.69 bits per heavy atom. The third-order valence-corrected chi connectivity index (χ3v) is 6.05. The molecule has 0 amide bonds. The molecule has 2 heterocycles. The molecule has 1 aliphatic heterocycles. The molecule has 32 heavy (non-hydrogen) atoms. The lowest BCUT2D eigenvalue weighted by Crippen LogP contribution is -2.50. The van der Waals surface area contributed by atoms with Crippen LogP contribution in [0.3, 0.4) is 0 Å². The molecule has 0 unspecified atom stereocenters. The topological polar surface area (TPSA) is 59.1 Å². The zero-order valence-electron chi connectivity index (χ0n) is 19.3. The van der Waals surface area contributed by atoms with Gasteiger partial charge in [-0.25, -0.2) is 0 Å². The Morgan fingerprint density at radius 2 is 1.91 bits per heavy atom. The van der Waals surface area contributed by atoms with Crippen molar-refractivity contribution in [3.05, 3.63) is 48.7 Å². The van der Waals surface area contributed by atoms with Crippen LogP contribution >= 0.6 is 0 Å². The normalized spacial score (nSPS) is 16.9. The number of aromatic nitrogens is 1. The van der Waals surface area contributed by atoms with Crippen molar-refractivity contribution < 1.29 is 14.2 Å². The van der Waals surface area contributed by atoms with E-state index in [1.54, 1.807) is 14.2 Å². The van der Waals surface area contributed by atoms with Crippen LogP contribution in [-0.2, 0) is 4.74 Å². The minimum absolute atomic E-state index is 0.496. The van der Waals surface area contributed by atoms with Gasteiger partial charge in [0.2, 0.25) is 0 Å². The number of fused-ring (bicyclic) bond motifs is 1. The molecule has 0 bridgehead atoms. The molecule has 0 aliphatic carbocycles. The largest absolute Gasteiger partial charge is 0.494 e. The molecule has 4 rings (SSSR count). The second-order valence-electron chi connectivity index (χ2n) is 8.16. The van der Waals surface area contributed by atoms with Crippen molar-refractivity contribution in [2.45, 2.75) is 13.0 Å². The van der Waals surface area contributed by atoms with Crippen LogP contribution in [0.25, 0.3) is 10.9 Å².